The number of rotatable bonds is 2. The Morgan fingerprint density at radius 3 is 1.33 bits per heavy atom. The largest absolute Gasteiger partial charge is 0.389 e. The van der Waals surface area contributed by atoms with Gasteiger partial charge in [-0.1, -0.05) is 40.2 Å². The van der Waals surface area contributed by atoms with E-state index in [0.717, 1.165) is 11.1 Å². The molecule has 0 fully saturated rings. The number of alkyl halides is 1. The summed E-state index contributed by atoms with van der Waals surface area (Å²) in [6.07, 6.45) is -0.513. The van der Waals surface area contributed by atoms with Crippen molar-refractivity contribution in [1.82, 2.24) is 0 Å². The summed E-state index contributed by atoms with van der Waals surface area (Å²) in [5.41, 5.74) is 1.84. The van der Waals surface area contributed by atoms with Gasteiger partial charge in [0.15, 0.2) is 0 Å². The first-order valence-electron chi connectivity index (χ1n) is 6.74. The van der Waals surface area contributed by atoms with E-state index in [4.69, 9.17) is 5.11 Å². The molecular weight excluding hydrogens is 597 g/mol. The first-order valence-corrected chi connectivity index (χ1v) is 15.0. The number of aliphatic hydroxyl groups is 1. The Labute approximate surface area is 175 Å². The lowest BCUT2D eigenvalue weighted by Gasteiger charge is -2.01. The number of hydrogen-bond donors (Lipinski definition) is 1. The van der Waals surface area contributed by atoms with Crippen LogP contribution in [0, 0.1) is 11.6 Å². The van der Waals surface area contributed by atoms with Crippen molar-refractivity contribution >= 4 is 66.4 Å². The van der Waals surface area contributed by atoms with E-state index < -0.39 is 6.10 Å². The summed E-state index contributed by atoms with van der Waals surface area (Å²) in [4.78, 5) is 0.299. The summed E-state index contributed by atoms with van der Waals surface area (Å²) < 4.78 is 24.4. The third-order valence-electron chi connectivity index (χ3n) is 2.68. The Morgan fingerprint density at radius 2 is 1.08 bits per heavy atom. The second-order valence-corrected chi connectivity index (χ2v) is 21.3. The van der Waals surface area contributed by atoms with Gasteiger partial charge < -0.3 is 5.11 Å². The van der Waals surface area contributed by atoms with Crippen LogP contribution in [0.1, 0.15) is 35.9 Å². The van der Waals surface area contributed by atoms with Gasteiger partial charge in [-0.2, -0.15) is 0 Å². The minimum absolute atomic E-state index is 0.183. The zero-order chi connectivity index (χ0) is 18.7. The van der Waals surface area contributed by atoms with Crippen LogP contribution in [0.5, 0.6) is 0 Å². The van der Waals surface area contributed by atoms with Crippen LogP contribution in [0.25, 0.3) is 0 Å². The van der Waals surface area contributed by atoms with E-state index in [1.54, 1.807) is 31.2 Å². The summed E-state index contributed by atoms with van der Waals surface area (Å²) in [6.45, 7) is 3.65. The van der Waals surface area contributed by atoms with Gasteiger partial charge in [0, 0.05) is 4.83 Å². The molecule has 0 spiro atoms. The first-order chi connectivity index (χ1) is 11.1. The van der Waals surface area contributed by atoms with E-state index in [1.165, 1.54) is 24.3 Å². The fourth-order valence-electron chi connectivity index (χ4n) is 1.47. The Bertz CT molecular complexity index is 511. The lowest BCUT2D eigenvalue weighted by Crippen LogP contribution is -1.89. The van der Waals surface area contributed by atoms with Crippen LogP contribution < -0.4 is 0 Å². The van der Waals surface area contributed by atoms with E-state index in [9.17, 15) is 8.78 Å². The maximum absolute atomic E-state index is 12.3. The van der Waals surface area contributed by atoms with Crippen LogP contribution in [0.3, 0.4) is 0 Å². The molecule has 2 aromatic carbocycles. The van der Waals surface area contributed by atoms with E-state index in [0.29, 0.717) is 4.83 Å². The van der Waals surface area contributed by atoms with E-state index in [1.807, 2.05) is 6.92 Å². The molecular formula is C16H17Br4F2OP. The molecule has 1 nitrogen and oxygen atoms in total. The fraction of sp³-hybridized carbons (Fsp3) is 0.250. The summed E-state index contributed by atoms with van der Waals surface area (Å²) in [5, 5.41) is 8.99. The highest BCUT2D eigenvalue weighted by atomic mass is 80.0. The summed E-state index contributed by atoms with van der Waals surface area (Å²) >= 11 is 12.9. The highest BCUT2D eigenvalue weighted by Gasteiger charge is 1.99. The highest BCUT2D eigenvalue weighted by Crippen LogP contribution is 2.59. The van der Waals surface area contributed by atoms with Crippen molar-refractivity contribution in [3.8, 4) is 0 Å². The third kappa shape index (κ3) is 12.9. The smallest absolute Gasteiger partial charge is 0.123 e. The van der Waals surface area contributed by atoms with Gasteiger partial charge in [-0.3, -0.25) is 0 Å². The molecule has 1 N–H and O–H groups in total. The van der Waals surface area contributed by atoms with Crippen LogP contribution in [-0.4, -0.2) is 5.11 Å². The predicted octanol–water partition coefficient (Wildman–Crippen LogP) is 8.56. The normalized spacial score (nSPS) is 12.4. The SMILES string of the molecule is BrP(Br)Br.CC(Br)c1ccc(F)cc1.CC(O)c1ccc(F)cc1. The van der Waals surface area contributed by atoms with E-state index in [2.05, 4.69) is 62.4 Å². The van der Waals surface area contributed by atoms with Crippen molar-refractivity contribution in [2.45, 2.75) is 24.8 Å². The standard InChI is InChI=1S/C8H8BrF.C8H9FO.Br3P/c1-6(9)7-2-4-8(10)5-3-7;1-6(10)7-2-4-8(9)5-3-7;1-4(2)3/h2-6H,1H3;2-6,10H,1H3;. The van der Waals surface area contributed by atoms with Gasteiger partial charge in [0.05, 0.1) is 6.10 Å². The van der Waals surface area contributed by atoms with Gasteiger partial charge in [0.25, 0.3) is 0 Å². The molecule has 0 aliphatic rings. The zero-order valence-electron chi connectivity index (χ0n) is 12.9. The second kappa shape index (κ2) is 13.8. The molecule has 2 rings (SSSR count). The van der Waals surface area contributed by atoms with Crippen molar-refractivity contribution in [2.75, 3.05) is 0 Å². The zero-order valence-corrected chi connectivity index (χ0v) is 20.2. The van der Waals surface area contributed by atoms with Crippen LogP contribution in [0.2, 0.25) is 0 Å². The van der Waals surface area contributed by atoms with Gasteiger partial charge >= 0.3 is 0 Å². The van der Waals surface area contributed by atoms with Crippen LogP contribution >= 0.6 is 66.4 Å². The Balaban J connectivity index is 0.000000363. The molecule has 2 unspecified atom stereocenters. The molecule has 134 valence electrons. The lowest BCUT2D eigenvalue weighted by molar-refractivity contribution is 0.199. The monoisotopic (exact) mass is 610 g/mol. The van der Waals surface area contributed by atoms with E-state index in [-0.39, 0.29) is 15.7 Å². The van der Waals surface area contributed by atoms with Gasteiger partial charge in [0.1, 0.15) is 15.7 Å². The topological polar surface area (TPSA) is 20.2 Å². The third-order valence-corrected chi connectivity index (χ3v) is 3.21. The van der Waals surface area contributed by atoms with Crippen LogP contribution in [-0.2, 0) is 0 Å². The van der Waals surface area contributed by atoms with Crippen molar-refractivity contribution in [3.63, 3.8) is 0 Å². The van der Waals surface area contributed by atoms with Crippen molar-refractivity contribution < 1.29 is 13.9 Å². The Hall–Kier alpha value is 0.610. The number of hydrogen-bond acceptors (Lipinski definition) is 1. The molecule has 2 atom stereocenters. The molecule has 2 aromatic rings. The number of benzene rings is 2. The van der Waals surface area contributed by atoms with Crippen LogP contribution in [0.4, 0.5) is 8.78 Å². The number of aliphatic hydroxyl groups excluding tert-OH is 1. The van der Waals surface area contributed by atoms with Gasteiger partial charge in [0.2, 0.25) is 0 Å². The average Bonchev–Trinajstić information content (AvgIpc) is 2.48. The van der Waals surface area contributed by atoms with E-state index >= 15 is 0 Å². The molecule has 0 aromatic heterocycles. The van der Waals surface area contributed by atoms with Crippen molar-refractivity contribution in [1.29, 1.82) is 0 Å². The maximum Gasteiger partial charge on any atom is 0.123 e. The van der Waals surface area contributed by atoms with Crippen LogP contribution in [0.15, 0.2) is 48.5 Å². The van der Waals surface area contributed by atoms with Crippen molar-refractivity contribution in [3.05, 3.63) is 71.3 Å². The average molecular weight is 614 g/mol. The molecule has 0 saturated heterocycles. The number of halogens is 6. The molecule has 0 bridgehead atoms. The summed E-state index contributed by atoms with van der Waals surface area (Å²) in [5.74, 6) is -0.457. The highest BCUT2D eigenvalue weighted by molar-refractivity contribution is 9.93. The van der Waals surface area contributed by atoms with Gasteiger partial charge in [-0.05, 0) is 95.7 Å². The minimum Gasteiger partial charge on any atom is -0.389 e. The Morgan fingerprint density at radius 1 is 0.792 bits per heavy atom. The lowest BCUT2D eigenvalue weighted by atomic mass is 10.1. The molecule has 0 aliphatic heterocycles. The molecule has 0 radical (unpaired) electrons. The van der Waals surface area contributed by atoms with Gasteiger partial charge in [-0.15, -0.1) is 0 Å². The van der Waals surface area contributed by atoms with Crippen molar-refractivity contribution in [2.24, 2.45) is 0 Å². The molecule has 24 heavy (non-hydrogen) atoms. The minimum atomic E-state index is -0.513. The molecule has 8 heteroatoms. The fourth-order valence-corrected chi connectivity index (χ4v) is 1.77. The first kappa shape index (κ1) is 24.6. The molecule has 0 saturated carbocycles. The quantitative estimate of drug-likeness (QED) is 0.266. The molecule has 0 amide bonds. The summed E-state index contributed by atoms with van der Waals surface area (Å²) in [6, 6.07) is 12.3. The second-order valence-electron chi connectivity index (χ2n) is 4.59. The van der Waals surface area contributed by atoms with Gasteiger partial charge in [-0.25, -0.2) is 8.78 Å². The summed E-state index contributed by atoms with van der Waals surface area (Å²) in [7, 11) is 0. The molecule has 0 aliphatic carbocycles. The predicted molar refractivity (Wildman–Crippen MR) is 114 cm³/mol. The molecule has 0 heterocycles. The Kier molecular flexibility index (Phi) is 14.1. The maximum atomic E-state index is 12.3.